The van der Waals surface area contributed by atoms with Crippen LogP contribution < -0.4 is 5.32 Å². The van der Waals surface area contributed by atoms with E-state index in [0.717, 1.165) is 12.5 Å². The number of ether oxygens (including phenoxy) is 1. The van der Waals surface area contributed by atoms with Crippen molar-refractivity contribution in [2.75, 3.05) is 13.6 Å². The van der Waals surface area contributed by atoms with Gasteiger partial charge in [0.1, 0.15) is 0 Å². The van der Waals surface area contributed by atoms with E-state index in [-0.39, 0.29) is 5.60 Å². The van der Waals surface area contributed by atoms with Crippen LogP contribution in [0.3, 0.4) is 0 Å². The van der Waals surface area contributed by atoms with Crippen molar-refractivity contribution in [2.45, 2.75) is 82.8 Å². The Kier molecular flexibility index (Phi) is 5.50. The second kappa shape index (κ2) is 6.91. The van der Waals surface area contributed by atoms with Crippen molar-refractivity contribution in [2.24, 2.45) is 5.92 Å². The fraction of sp³-hybridized carbons (Fsp3) is 1.00. The van der Waals surface area contributed by atoms with Crippen molar-refractivity contribution in [3.63, 3.8) is 0 Å². The molecule has 0 unspecified atom stereocenters. The summed E-state index contributed by atoms with van der Waals surface area (Å²) in [4.78, 5) is 0. The largest absolute Gasteiger partial charge is 0.370 e. The molecule has 0 saturated heterocycles. The number of nitrogens with one attached hydrogen (secondary N) is 1. The molecule has 0 heterocycles. The van der Waals surface area contributed by atoms with Crippen LogP contribution in [0.25, 0.3) is 0 Å². The fourth-order valence-corrected chi connectivity index (χ4v) is 3.92. The van der Waals surface area contributed by atoms with Crippen LogP contribution in [0.2, 0.25) is 0 Å². The zero-order chi connectivity index (χ0) is 12.8. The Morgan fingerprint density at radius 2 is 1.78 bits per heavy atom. The minimum Gasteiger partial charge on any atom is -0.370 e. The van der Waals surface area contributed by atoms with Gasteiger partial charge in [0.25, 0.3) is 0 Å². The lowest BCUT2D eigenvalue weighted by Gasteiger charge is -2.42. The van der Waals surface area contributed by atoms with E-state index < -0.39 is 0 Å². The standard InChI is InChI=1S/C16H31NO/c1-3-6-14-9-11-16(12-10-14,13-17-2)18-15-7-4-5-8-15/h14-15,17H,3-13H2,1-2H3. The Hall–Kier alpha value is -0.0800. The Balaban J connectivity index is 1.87. The summed E-state index contributed by atoms with van der Waals surface area (Å²) in [6, 6.07) is 0. The van der Waals surface area contributed by atoms with Crippen molar-refractivity contribution >= 4 is 0 Å². The summed E-state index contributed by atoms with van der Waals surface area (Å²) in [7, 11) is 2.07. The molecule has 0 radical (unpaired) electrons. The monoisotopic (exact) mass is 253 g/mol. The van der Waals surface area contributed by atoms with Gasteiger partial charge in [-0.1, -0.05) is 32.6 Å². The molecule has 2 aliphatic carbocycles. The second-order valence-electron chi connectivity index (χ2n) is 6.47. The molecule has 2 fully saturated rings. The van der Waals surface area contributed by atoms with Gasteiger partial charge in [-0.15, -0.1) is 0 Å². The molecule has 0 spiro atoms. The van der Waals surface area contributed by atoms with Crippen molar-refractivity contribution in [3.05, 3.63) is 0 Å². The van der Waals surface area contributed by atoms with Crippen LogP contribution in [0.5, 0.6) is 0 Å². The SMILES string of the molecule is CCCC1CCC(CNC)(OC2CCCC2)CC1. The Labute approximate surface area is 113 Å². The lowest BCUT2D eigenvalue weighted by atomic mass is 9.77. The van der Waals surface area contributed by atoms with Crippen LogP contribution in [-0.2, 0) is 4.74 Å². The predicted octanol–water partition coefficient (Wildman–Crippen LogP) is 3.89. The molecule has 1 N–H and O–H groups in total. The molecule has 2 aliphatic rings. The molecule has 18 heavy (non-hydrogen) atoms. The number of hydrogen-bond donors (Lipinski definition) is 1. The van der Waals surface area contributed by atoms with Gasteiger partial charge in [-0.2, -0.15) is 0 Å². The van der Waals surface area contributed by atoms with Gasteiger partial charge in [0.05, 0.1) is 11.7 Å². The van der Waals surface area contributed by atoms with E-state index in [0.29, 0.717) is 6.10 Å². The van der Waals surface area contributed by atoms with Crippen LogP contribution >= 0.6 is 0 Å². The van der Waals surface area contributed by atoms with Gasteiger partial charge in [0, 0.05) is 6.54 Å². The van der Waals surface area contributed by atoms with Crippen LogP contribution in [0, 0.1) is 5.92 Å². The minimum absolute atomic E-state index is 0.161. The predicted molar refractivity (Wildman–Crippen MR) is 76.9 cm³/mol. The molecule has 2 rings (SSSR count). The molecule has 0 aliphatic heterocycles. The fourth-order valence-electron chi connectivity index (χ4n) is 3.92. The van der Waals surface area contributed by atoms with Crippen LogP contribution in [0.15, 0.2) is 0 Å². The van der Waals surface area contributed by atoms with Crippen LogP contribution in [-0.4, -0.2) is 25.3 Å². The number of likely N-dealkylation sites (N-methyl/N-ethyl adjacent to an activating group) is 1. The Morgan fingerprint density at radius 1 is 1.11 bits per heavy atom. The molecule has 0 atom stereocenters. The zero-order valence-corrected chi connectivity index (χ0v) is 12.3. The first-order valence-electron chi connectivity index (χ1n) is 8.10. The summed E-state index contributed by atoms with van der Waals surface area (Å²) in [6.07, 6.45) is 14.0. The topological polar surface area (TPSA) is 21.3 Å². The Morgan fingerprint density at radius 3 is 2.33 bits per heavy atom. The third-order valence-corrected chi connectivity index (χ3v) is 4.93. The quantitative estimate of drug-likeness (QED) is 0.775. The van der Waals surface area contributed by atoms with Gasteiger partial charge in [-0.25, -0.2) is 0 Å². The highest BCUT2D eigenvalue weighted by molar-refractivity contribution is 4.90. The lowest BCUT2D eigenvalue weighted by Crippen LogP contribution is -2.47. The molecule has 0 aromatic carbocycles. The summed E-state index contributed by atoms with van der Waals surface area (Å²) in [5.74, 6) is 0.965. The molecule has 2 heteroatoms. The van der Waals surface area contributed by atoms with Gasteiger partial charge >= 0.3 is 0 Å². The smallest absolute Gasteiger partial charge is 0.0810 e. The van der Waals surface area contributed by atoms with E-state index in [9.17, 15) is 0 Å². The Bertz CT molecular complexity index is 227. The van der Waals surface area contributed by atoms with Gasteiger partial charge < -0.3 is 10.1 Å². The molecule has 0 bridgehead atoms. The minimum atomic E-state index is 0.161. The van der Waals surface area contributed by atoms with Crippen molar-refractivity contribution in [1.29, 1.82) is 0 Å². The highest BCUT2D eigenvalue weighted by Gasteiger charge is 2.37. The van der Waals surface area contributed by atoms with Crippen LogP contribution in [0.1, 0.15) is 71.1 Å². The van der Waals surface area contributed by atoms with Gasteiger partial charge in [0.15, 0.2) is 0 Å². The van der Waals surface area contributed by atoms with Crippen molar-refractivity contribution in [3.8, 4) is 0 Å². The number of rotatable bonds is 6. The molecule has 0 amide bonds. The third kappa shape index (κ3) is 3.71. The maximum atomic E-state index is 6.54. The molecule has 0 aromatic heterocycles. The average Bonchev–Trinajstić information content (AvgIpc) is 2.86. The molecule has 0 aromatic rings. The van der Waals surface area contributed by atoms with E-state index in [1.54, 1.807) is 0 Å². The maximum Gasteiger partial charge on any atom is 0.0810 e. The molecule has 106 valence electrons. The average molecular weight is 253 g/mol. The molecule has 2 nitrogen and oxygen atoms in total. The summed E-state index contributed by atoms with van der Waals surface area (Å²) >= 11 is 0. The van der Waals surface area contributed by atoms with E-state index in [2.05, 4.69) is 19.3 Å². The van der Waals surface area contributed by atoms with E-state index >= 15 is 0 Å². The number of hydrogen-bond acceptors (Lipinski definition) is 2. The van der Waals surface area contributed by atoms with E-state index in [4.69, 9.17) is 4.74 Å². The molecule has 2 saturated carbocycles. The summed E-state index contributed by atoms with van der Waals surface area (Å²) in [6.45, 7) is 3.35. The van der Waals surface area contributed by atoms with Crippen molar-refractivity contribution in [1.82, 2.24) is 5.32 Å². The van der Waals surface area contributed by atoms with Crippen LogP contribution in [0.4, 0.5) is 0 Å². The van der Waals surface area contributed by atoms with Crippen molar-refractivity contribution < 1.29 is 4.74 Å². The van der Waals surface area contributed by atoms with E-state index in [1.165, 1.54) is 64.2 Å². The normalized spacial score (nSPS) is 34.0. The highest BCUT2D eigenvalue weighted by Crippen LogP contribution is 2.39. The summed E-state index contributed by atoms with van der Waals surface area (Å²) < 4.78 is 6.54. The zero-order valence-electron chi connectivity index (χ0n) is 12.3. The molecular weight excluding hydrogens is 222 g/mol. The van der Waals surface area contributed by atoms with Gasteiger partial charge in [-0.3, -0.25) is 0 Å². The first kappa shape index (κ1) is 14.3. The second-order valence-corrected chi connectivity index (χ2v) is 6.47. The maximum absolute atomic E-state index is 6.54. The van der Waals surface area contributed by atoms with Gasteiger partial charge in [-0.05, 0) is 51.5 Å². The summed E-state index contributed by atoms with van der Waals surface area (Å²) in [5.41, 5.74) is 0.161. The first-order valence-corrected chi connectivity index (χ1v) is 8.10. The molecular formula is C16H31NO. The lowest BCUT2D eigenvalue weighted by molar-refractivity contribution is -0.115. The third-order valence-electron chi connectivity index (χ3n) is 4.93. The highest BCUT2D eigenvalue weighted by atomic mass is 16.5. The summed E-state index contributed by atoms with van der Waals surface area (Å²) in [5, 5.41) is 3.37. The van der Waals surface area contributed by atoms with E-state index in [1.807, 2.05) is 0 Å². The first-order chi connectivity index (χ1) is 8.78. The van der Waals surface area contributed by atoms with Gasteiger partial charge in [0.2, 0.25) is 0 Å².